The molecule has 7 rings (SSSR count). The Morgan fingerprint density at radius 3 is 2.33 bits per heavy atom. The van der Waals surface area contributed by atoms with Crippen molar-refractivity contribution < 1.29 is 4.79 Å². The van der Waals surface area contributed by atoms with Gasteiger partial charge in [0.05, 0.1) is 22.8 Å². The zero-order valence-electron chi connectivity index (χ0n) is 19.0. The largest absolute Gasteiger partial charge is 0.352 e. The minimum Gasteiger partial charge on any atom is -0.352 e. The van der Waals surface area contributed by atoms with Crippen LogP contribution in [0.2, 0.25) is 0 Å². The quantitative estimate of drug-likeness (QED) is 0.264. The van der Waals surface area contributed by atoms with Gasteiger partial charge in [0.1, 0.15) is 9.71 Å². The lowest BCUT2D eigenvalue weighted by Crippen LogP contribution is -2.24. The highest BCUT2D eigenvalue weighted by molar-refractivity contribution is 7.21. The summed E-state index contributed by atoms with van der Waals surface area (Å²) in [4.78, 5) is 23.7. The van der Waals surface area contributed by atoms with E-state index < -0.39 is 0 Å². The number of hydrogen-bond donors (Lipinski definition) is 1. The predicted octanol–water partition coefficient (Wildman–Crippen LogP) is 8.73. The van der Waals surface area contributed by atoms with E-state index in [1.54, 1.807) is 16.2 Å². The van der Waals surface area contributed by atoms with Gasteiger partial charge in [-0.3, -0.25) is 9.69 Å². The molecule has 6 aromatic rings. The molecule has 1 aliphatic heterocycles. The van der Waals surface area contributed by atoms with Crippen LogP contribution >= 0.6 is 22.7 Å². The summed E-state index contributed by atoms with van der Waals surface area (Å²) >= 11 is 3.14. The summed E-state index contributed by atoms with van der Waals surface area (Å²) in [5, 5.41) is 6.70. The zero-order valence-corrected chi connectivity index (χ0v) is 20.6. The van der Waals surface area contributed by atoms with Crippen LogP contribution in [0.1, 0.15) is 9.67 Å². The fourth-order valence-corrected chi connectivity index (χ4v) is 6.54. The summed E-state index contributed by atoms with van der Waals surface area (Å²) in [6.07, 6.45) is 0. The molecule has 0 saturated carbocycles. The van der Waals surface area contributed by atoms with Crippen LogP contribution in [0.3, 0.4) is 0 Å². The van der Waals surface area contributed by atoms with E-state index in [4.69, 9.17) is 4.98 Å². The smallest absolute Gasteiger partial charge is 0.275 e. The molecule has 3 aromatic heterocycles. The lowest BCUT2D eigenvalue weighted by atomic mass is 10.0. The fourth-order valence-electron chi connectivity index (χ4n) is 4.70. The molecule has 1 amide bonds. The zero-order chi connectivity index (χ0) is 24.1. The van der Waals surface area contributed by atoms with E-state index in [1.165, 1.54) is 11.3 Å². The van der Waals surface area contributed by atoms with Gasteiger partial charge < -0.3 is 5.32 Å². The molecular weight excluding hydrogens is 482 g/mol. The highest BCUT2D eigenvalue weighted by Gasteiger charge is 2.32. The van der Waals surface area contributed by atoms with Gasteiger partial charge in [-0.1, -0.05) is 66.7 Å². The number of nitrogens with zero attached hydrogens (tertiary/aromatic N) is 2. The van der Waals surface area contributed by atoms with Crippen molar-refractivity contribution in [1.29, 1.82) is 0 Å². The molecule has 0 unspecified atom stereocenters. The van der Waals surface area contributed by atoms with Crippen molar-refractivity contribution in [1.82, 2.24) is 4.98 Å². The summed E-state index contributed by atoms with van der Waals surface area (Å²) in [6.45, 7) is 0. The fraction of sp³-hybridized carbons (Fsp3) is 0. The average Bonchev–Trinajstić information content (AvgIpc) is 3.57. The number of benzene rings is 3. The number of aromatic nitrogens is 1. The second-order valence-corrected chi connectivity index (χ2v) is 10.4. The molecule has 6 heteroatoms. The van der Waals surface area contributed by atoms with Crippen LogP contribution in [0.15, 0.2) is 109 Å². The third-order valence-electron chi connectivity index (χ3n) is 6.33. The van der Waals surface area contributed by atoms with Crippen LogP contribution in [-0.4, -0.2) is 10.9 Å². The van der Waals surface area contributed by atoms with Crippen molar-refractivity contribution in [3.63, 3.8) is 0 Å². The maximum absolute atomic E-state index is 14.2. The minimum absolute atomic E-state index is 0.0601. The lowest BCUT2D eigenvalue weighted by Gasteiger charge is -2.22. The molecule has 0 fully saturated rings. The van der Waals surface area contributed by atoms with Crippen molar-refractivity contribution in [2.24, 2.45) is 0 Å². The van der Waals surface area contributed by atoms with E-state index in [0.717, 1.165) is 54.7 Å². The first-order valence-electron chi connectivity index (χ1n) is 11.6. The molecule has 1 aliphatic rings. The monoisotopic (exact) mass is 501 g/mol. The number of pyridine rings is 1. The van der Waals surface area contributed by atoms with Gasteiger partial charge in [0.15, 0.2) is 0 Å². The molecule has 3 aromatic carbocycles. The third-order valence-corrected chi connectivity index (χ3v) is 8.31. The Balaban J connectivity index is 1.53. The molecule has 0 aliphatic carbocycles. The second kappa shape index (κ2) is 8.45. The first-order chi connectivity index (χ1) is 17.8. The lowest BCUT2D eigenvalue weighted by molar-refractivity contribution is 0.100. The van der Waals surface area contributed by atoms with Crippen LogP contribution in [-0.2, 0) is 0 Å². The van der Waals surface area contributed by atoms with E-state index in [2.05, 4.69) is 41.0 Å². The number of amides is 1. The highest BCUT2D eigenvalue weighted by Crippen LogP contribution is 2.49. The van der Waals surface area contributed by atoms with Crippen LogP contribution in [0.4, 0.5) is 22.7 Å². The van der Waals surface area contributed by atoms with Gasteiger partial charge in [0.25, 0.3) is 5.91 Å². The molecule has 0 bridgehead atoms. The summed E-state index contributed by atoms with van der Waals surface area (Å²) < 4.78 is 0. The first kappa shape index (κ1) is 21.1. The van der Waals surface area contributed by atoms with Crippen molar-refractivity contribution in [2.75, 3.05) is 10.2 Å². The number of carbonyl (C=O) groups is 1. The summed E-state index contributed by atoms with van der Waals surface area (Å²) in [5.74, 6) is -0.0601. The average molecular weight is 502 g/mol. The van der Waals surface area contributed by atoms with Crippen LogP contribution in [0.5, 0.6) is 0 Å². The summed E-state index contributed by atoms with van der Waals surface area (Å²) in [7, 11) is 0. The standard InChI is InChI=1S/C30H19N3OS2/c34-30-28-27(31-22-14-7-8-15-24(22)33(30)20-12-5-2-6-13-20)26-21(25-16-9-17-35-25)18-23(32-29(26)36-28)19-10-3-1-4-11-19/h1-18,31H. The predicted molar refractivity (Wildman–Crippen MR) is 151 cm³/mol. The third kappa shape index (κ3) is 3.34. The molecule has 172 valence electrons. The number of para-hydroxylation sites is 3. The number of fused-ring (bicyclic) bond motifs is 4. The Morgan fingerprint density at radius 2 is 1.56 bits per heavy atom. The number of carbonyl (C=O) groups excluding carboxylic acids is 1. The molecular formula is C30H19N3OS2. The highest BCUT2D eigenvalue weighted by atomic mass is 32.1. The van der Waals surface area contributed by atoms with Gasteiger partial charge in [0.2, 0.25) is 0 Å². The van der Waals surface area contributed by atoms with Crippen molar-refractivity contribution in [2.45, 2.75) is 0 Å². The second-order valence-electron chi connectivity index (χ2n) is 8.50. The van der Waals surface area contributed by atoms with Gasteiger partial charge in [-0.15, -0.1) is 22.7 Å². The molecule has 0 saturated heterocycles. The van der Waals surface area contributed by atoms with Crippen LogP contribution < -0.4 is 10.2 Å². The summed E-state index contributed by atoms with van der Waals surface area (Å²) in [6, 6.07) is 34.3. The SMILES string of the molecule is O=C1c2sc3nc(-c4ccccc4)cc(-c4cccs4)c3c2Nc2ccccc2N1c1ccccc1. The number of nitrogens with one attached hydrogen (secondary N) is 1. The van der Waals surface area contributed by atoms with E-state index in [1.807, 2.05) is 72.8 Å². The van der Waals surface area contributed by atoms with Crippen molar-refractivity contribution in [3.8, 4) is 21.7 Å². The Kier molecular flexibility index (Phi) is 4.94. The van der Waals surface area contributed by atoms with Gasteiger partial charge in [0, 0.05) is 27.1 Å². The van der Waals surface area contributed by atoms with Crippen LogP contribution in [0, 0.1) is 0 Å². The van der Waals surface area contributed by atoms with Gasteiger partial charge in [-0.2, -0.15) is 0 Å². The molecule has 4 nitrogen and oxygen atoms in total. The van der Waals surface area contributed by atoms with E-state index in [0.29, 0.717) is 4.88 Å². The normalized spacial score (nSPS) is 12.7. The van der Waals surface area contributed by atoms with Crippen molar-refractivity contribution in [3.05, 3.63) is 113 Å². The summed E-state index contributed by atoms with van der Waals surface area (Å²) in [5.41, 5.74) is 6.40. The number of rotatable bonds is 3. The topological polar surface area (TPSA) is 45.2 Å². The van der Waals surface area contributed by atoms with Gasteiger partial charge >= 0.3 is 0 Å². The van der Waals surface area contributed by atoms with E-state index >= 15 is 0 Å². The van der Waals surface area contributed by atoms with Crippen LogP contribution in [0.25, 0.3) is 31.9 Å². The molecule has 0 radical (unpaired) electrons. The maximum atomic E-state index is 14.2. The number of thiophene rings is 2. The maximum Gasteiger partial charge on any atom is 0.275 e. The number of anilines is 4. The Hall–Kier alpha value is -4.26. The van der Waals surface area contributed by atoms with E-state index in [9.17, 15) is 4.79 Å². The molecule has 0 spiro atoms. The molecule has 4 heterocycles. The first-order valence-corrected chi connectivity index (χ1v) is 13.3. The minimum atomic E-state index is -0.0601. The van der Waals surface area contributed by atoms with Crippen molar-refractivity contribution >= 4 is 61.5 Å². The van der Waals surface area contributed by atoms with Gasteiger partial charge in [-0.25, -0.2) is 4.98 Å². The molecule has 1 N–H and O–H groups in total. The molecule has 36 heavy (non-hydrogen) atoms. The Labute approximate surface area is 216 Å². The Morgan fingerprint density at radius 1 is 0.806 bits per heavy atom. The molecule has 0 atom stereocenters. The Bertz CT molecular complexity index is 1730. The van der Waals surface area contributed by atoms with E-state index in [-0.39, 0.29) is 5.91 Å². The number of hydrogen-bond acceptors (Lipinski definition) is 5. The van der Waals surface area contributed by atoms with Gasteiger partial charge in [-0.05, 0) is 41.8 Å².